The number of amides is 1. The summed E-state index contributed by atoms with van der Waals surface area (Å²) >= 11 is 0. The predicted octanol–water partition coefficient (Wildman–Crippen LogP) is 3.15. The number of aryl methyl sites for hydroxylation is 1. The molecule has 1 fully saturated rings. The zero-order chi connectivity index (χ0) is 17.1. The van der Waals surface area contributed by atoms with Crippen LogP contribution in [-0.2, 0) is 11.2 Å². The molecule has 2 aromatic rings. The summed E-state index contributed by atoms with van der Waals surface area (Å²) in [5.41, 5.74) is 2.24. The monoisotopic (exact) mass is 338 g/mol. The molecule has 0 radical (unpaired) electrons. The predicted molar refractivity (Wildman–Crippen MR) is 93.7 cm³/mol. The van der Waals surface area contributed by atoms with Gasteiger partial charge in [-0.15, -0.1) is 0 Å². The lowest BCUT2D eigenvalue weighted by molar-refractivity contribution is -0.132. The van der Waals surface area contributed by atoms with E-state index in [1.165, 1.54) is 0 Å². The number of nitrogens with zero attached hydrogens (tertiary/aromatic N) is 2. The van der Waals surface area contributed by atoms with Crippen LogP contribution >= 0.6 is 0 Å². The number of pyridine rings is 1. The summed E-state index contributed by atoms with van der Waals surface area (Å²) in [6, 6.07) is 10.1. The third-order valence-corrected chi connectivity index (χ3v) is 4.87. The molecule has 0 spiro atoms. The van der Waals surface area contributed by atoms with E-state index in [0.717, 1.165) is 48.4 Å². The van der Waals surface area contributed by atoms with Crippen LogP contribution in [-0.4, -0.2) is 35.5 Å². The number of hydrogen-bond acceptors (Lipinski definition) is 4. The Morgan fingerprint density at radius 1 is 1.20 bits per heavy atom. The minimum Gasteiger partial charge on any atom is -0.486 e. The van der Waals surface area contributed by atoms with Gasteiger partial charge in [0, 0.05) is 25.4 Å². The highest BCUT2D eigenvalue weighted by molar-refractivity contribution is 5.77. The molecule has 1 amide bonds. The van der Waals surface area contributed by atoms with Crippen LogP contribution < -0.4 is 9.47 Å². The van der Waals surface area contributed by atoms with Gasteiger partial charge in [0.15, 0.2) is 11.5 Å². The first-order chi connectivity index (χ1) is 12.3. The maximum Gasteiger partial charge on any atom is 0.223 e. The Bertz CT molecular complexity index is 748. The van der Waals surface area contributed by atoms with Gasteiger partial charge in [-0.2, -0.15) is 0 Å². The van der Waals surface area contributed by atoms with Crippen LogP contribution in [0.15, 0.2) is 42.7 Å². The molecule has 1 saturated heterocycles. The molecule has 0 bridgehead atoms. The molecule has 0 N–H and O–H groups in total. The Morgan fingerprint density at radius 3 is 2.92 bits per heavy atom. The second-order valence-electron chi connectivity index (χ2n) is 6.51. The van der Waals surface area contributed by atoms with E-state index in [0.29, 0.717) is 19.6 Å². The van der Waals surface area contributed by atoms with Gasteiger partial charge in [-0.25, -0.2) is 0 Å². The number of carbonyl (C=O) groups excluding carboxylic acids is 1. The molecular formula is C20H22N2O3. The number of aromatic nitrogens is 1. The van der Waals surface area contributed by atoms with Crippen LogP contribution in [0.3, 0.4) is 0 Å². The zero-order valence-corrected chi connectivity index (χ0v) is 14.2. The number of rotatable bonds is 4. The molecular weight excluding hydrogens is 316 g/mol. The Morgan fingerprint density at radius 2 is 2.08 bits per heavy atom. The van der Waals surface area contributed by atoms with Gasteiger partial charge in [-0.1, -0.05) is 12.1 Å². The average molecular weight is 338 g/mol. The van der Waals surface area contributed by atoms with E-state index >= 15 is 0 Å². The molecule has 3 heterocycles. The lowest BCUT2D eigenvalue weighted by atomic mass is 10.0. The molecule has 25 heavy (non-hydrogen) atoms. The zero-order valence-electron chi connectivity index (χ0n) is 14.2. The molecule has 2 aliphatic heterocycles. The van der Waals surface area contributed by atoms with Crippen molar-refractivity contribution >= 4 is 5.91 Å². The summed E-state index contributed by atoms with van der Waals surface area (Å²) in [5, 5.41) is 0. The van der Waals surface area contributed by atoms with Gasteiger partial charge >= 0.3 is 0 Å². The Hall–Kier alpha value is -2.56. The van der Waals surface area contributed by atoms with Crippen molar-refractivity contribution in [3.8, 4) is 11.5 Å². The summed E-state index contributed by atoms with van der Waals surface area (Å²) in [6.07, 6.45) is 6.87. The lowest BCUT2D eigenvalue weighted by Gasteiger charge is -2.27. The van der Waals surface area contributed by atoms with Crippen LogP contribution in [0.1, 0.15) is 36.4 Å². The van der Waals surface area contributed by atoms with Crippen molar-refractivity contribution in [2.45, 2.75) is 31.7 Å². The van der Waals surface area contributed by atoms with Gasteiger partial charge < -0.3 is 14.4 Å². The van der Waals surface area contributed by atoms with Gasteiger partial charge in [-0.3, -0.25) is 9.78 Å². The number of fused-ring (bicyclic) bond motifs is 1. The first kappa shape index (κ1) is 15.9. The molecule has 0 aliphatic carbocycles. The highest BCUT2D eigenvalue weighted by Crippen LogP contribution is 2.38. The first-order valence-electron chi connectivity index (χ1n) is 8.89. The second kappa shape index (κ2) is 7.13. The van der Waals surface area contributed by atoms with Crippen LogP contribution in [0.25, 0.3) is 0 Å². The maximum atomic E-state index is 12.7. The summed E-state index contributed by atoms with van der Waals surface area (Å²) < 4.78 is 11.3. The summed E-state index contributed by atoms with van der Waals surface area (Å²) in [7, 11) is 0. The van der Waals surface area contributed by atoms with E-state index in [2.05, 4.69) is 11.1 Å². The van der Waals surface area contributed by atoms with E-state index < -0.39 is 0 Å². The van der Waals surface area contributed by atoms with E-state index in [1.54, 1.807) is 6.20 Å². The molecule has 5 heteroatoms. The molecule has 2 aliphatic rings. The van der Waals surface area contributed by atoms with Crippen molar-refractivity contribution in [2.75, 3.05) is 19.8 Å². The average Bonchev–Trinajstić information content (AvgIpc) is 3.16. The fraction of sp³-hybridized carbons (Fsp3) is 0.400. The van der Waals surface area contributed by atoms with Gasteiger partial charge in [0.1, 0.15) is 13.2 Å². The molecule has 5 nitrogen and oxygen atoms in total. The fourth-order valence-corrected chi connectivity index (χ4v) is 3.62. The molecule has 4 rings (SSSR count). The molecule has 1 atom stereocenters. The van der Waals surface area contributed by atoms with Crippen molar-refractivity contribution in [2.24, 2.45) is 0 Å². The van der Waals surface area contributed by atoms with Crippen molar-refractivity contribution in [3.63, 3.8) is 0 Å². The van der Waals surface area contributed by atoms with Crippen LogP contribution in [0, 0.1) is 0 Å². The normalized spacial score (nSPS) is 19.0. The van der Waals surface area contributed by atoms with Gasteiger partial charge in [0.2, 0.25) is 5.91 Å². The summed E-state index contributed by atoms with van der Waals surface area (Å²) in [6.45, 7) is 1.99. The van der Waals surface area contributed by atoms with E-state index in [1.807, 2.05) is 35.4 Å². The van der Waals surface area contributed by atoms with Crippen LogP contribution in [0.4, 0.5) is 0 Å². The van der Waals surface area contributed by atoms with E-state index in [-0.39, 0.29) is 11.9 Å². The number of carbonyl (C=O) groups is 1. The first-order valence-corrected chi connectivity index (χ1v) is 8.89. The number of hydrogen-bond donors (Lipinski definition) is 0. The molecule has 0 saturated carbocycles. The quantitative estimate of drug-likeness (QED) is 0.859. The molecule has 1 aromatic carbocycles. The minimum atomic E-state index is 0.136. The third kappa shape index (κ3) is 3.45. The molecule has 0 unspecified atom stereocenters. The minimum absolute atomic E-state index is 0.136. The standard InChI is InChI=1S/C20H22N2O3/c23-20(8-5-15-3-1-9-21-14-15)22-10-2-4-17(22)16-6-7-18-19(13-16)25-12-11-24-18/h1,3,6-7,9,13-14,17H,2,4-5,8,10-12H2/t17-/m1/s1. The maximum absolute atomic E-state index is 12.7. The molecule has 1 aromatic heterocycles. The van der Waals surface area contributed by atoms with Crippen molar-refractivity contribution in [1.82, 2.24) is 9.88 Å². The van der Waals surface area contributed by atoms with E-state index in [4.69, 9.17) is 9.47 Å². The highest BCUT2D eigenvalue weighted by Gasteiger charge is 2.30. The Labute approximate surface area is 147 Å². The van der Waals surface area contributed by atoms with E-state index in [9.17, 15) is 4.79 Å². The SMILES string of the molecule is O=C(CCc1cccnc1)N1CCC[C@@H]1c1ccc2c(c1)OCCO2. The number of benzene rings is 1. The smallest absolute Gasteiger partial charge is 0.223 e. The van der Waals surface area contributed by atoms with Crippen LogP contribution in [0.5, 0.6) is 11.5 Å². The van der Waals surface area contributed by atoms with Crippen molar-refractivity contribution < 1.29 is 14.3 Å². The fourth-order valence-electron chi connectivity index (χ4n) is 3.62. The van der Waals surface area contributed by atoms with Crippen LogP contribution in [0.2, 0.25) is 0 Å². The van der Waals surface area contributed by atoms with Crippen molar-refractivity contribution in [3.05, 3.63) is 53.9 Å². The summed E-state index contributed by atoms with van der Waals surface area (Å²) in [5.74, 6) is 1.79. The lowest BCUT2D eigenvalue weighted by Crippen LogP contribution is -2.30. The number of likely N-dealkylation sites (tertiary alicyclic amines) is 1. The second-order valence-corrected chi connectivity index (χ2v) is 6.51. The highest BCUT2D eigenvalue weighted by atomic mass is 16.6. The summed E-state index contributed by atoms with van der Waals surface area (Å²) in [4.78, 5) is 18.9. The van der Waals surface area contributed by atoms with Crippen molar-refractivity contribution in [1.29, 1.82) is 0 Å². The Kier molecular flexibility index (Phi) is 4.55. The molecule has 130 valence electrons. The van der Waals surface area contributed by atoms with Gasteiger partial charge in [0.05, 0.1) is 6.04 Å². The topological polar surface area (TPSA) is 51.7 Å². The van der Waals surface area contributed by atoms with Gasteiger partial charge in [-0.05, 0) is 48.6 Å². The number of ether oxygens (including phenoxy) is 2. The third-order valence-electron chi connectivity index (χ3n) is 4.87. The van der Waals surface area contributed by atoms with Gasteiger partial charge in [0.25, 0.3) is 0 Å². The largest absolute Gasteiger partial charge is 0.486 e. The Balaban J connectivity index is 1.45.